The summed E-state index contributed by atoms with van der Waals surface area (Å²) >= 11 is 0. The lowest BCUT2D eigenvalue weighted by atomic mass is 9.96. The van der Waals surface area contributed by atoms with E-state index in [1.54, 1.807) is 19.1 Å². The number of likely N-dealkylation sites (tertiary alicyclic amines) is 1. The van der Waals surface area contributed by atoms with Gasteiger partial charge in [0.25, 0.3) is 0 Å². The van der Waals surface area contributed by atoms with E-state index in [2.05, 4.69) is 4.98 Å². The Morgan fingerprint density at radius 2 is 1.97 bits per heavy atom. The van der Waals surface area contributed by atoms with Gasteiger partial charge in [0.05, 0.1) is 12.1 Å². The molecule has 0 aliphatic carbocycles. The van der Waals surface area contributed by atoms with Crippen LogP contribution in [0.2, 0.25) is 0 Å². The van der Waals surface area contributed by atoms with Gasteiger partial charge in [0.1, 0.15) is 11.6 Å². The van der Waals surface area contributed by atoms with Crippen molar-refractivity contribution in [3.63, 3.8) is 0 Å². The van der Waals surface area contributed by atoms with Gasteiger partial charge >= 0.3 is 0 Å². The smallest absolute Gasteiger partial charge is 0.227 e. The summed E-state index contributed by atoms with van der Waals surface area (Å²) < 4.78 is 13.0. The average Bonchev–Trinajstić information content (AvgIpc) is 2.74. The molecule has 0 bridgehead atoms. The molecule has 6 nitrogen and oxygen atoms in total. The number of nitrogens with zero attached hydrogens (tertiary/aromatic N) is 4. The quantitative estimate of drug-likeness (QED) is 0.800. The van der Waals surface area contributed by atoms with E-state index in [0.29, 0.717) is 26.1 Å². The number of carbonyl (C=O) groups is 2. The topological polar surface area (TPSA) is 66.4 Å². The highest BCUT2D eigenvalue weighted by atomic mass is 19.1. The fraction of sp³-hybridized carbons (Fsp3) is 0.455. The highest BCUT2D eigenvalue weighted by molar-refractivity contribution is 5.79. The molecule has 7 heteroatoms. The molecule has 0 unspecified atom stereocenters. The minimum Gasteiger partial charge on any atom is -0.342 e. The SMILES string of the molecule is CC(=O)N1CCC[C@H](c2ncc3c(n2)CCN(C(=O)Cc2ccc(F)cc2)C3)C1. The largest absolute Gasteiger partial charge is 0.342 e. The van der Waals surface area contributed by atoms with Gasteiger partial charge in [-0.2, -0.15) is 0 Å². The van der Waals surface area contributed by atoms with Crippen LogP contribution in [-0.2, 0) is 29.0 Å². The van der Waals surface area contributed by atoms with Gasteiger partial charge in [0.15, 0.2) is 0 Å². The van der Waals surface area contributed by atoms with Crippen molar-refractivity contribution in [1.29, 1.82) is 0 Å². The van der Waals surface area contributed by atoms with Crippen molar-refractivity contribution in [2.75, 3.05) is 19.6 Å². The number of piperidine rings is 1. The standard InChI is InChI=1S/C22H25FN4O2/c1-15(28)26-9-2-3-17(13-26)22-24-12-18-14-27(10-8-20(18)25-22)21(29)11-16-4-6-19(23)7-5-16/h4-7,12,17H,2-3,8-11,13-14H2,1H3/t17-/m0/s1. The van der Waals surface area contributed by atoms with Gasteiger partial charge in [0.2, 0.25) is 11.8 Å². The zero-order chi connectivity index (χ0) is 20.4. The summed E-state index contributed by atoms with van der Waals surface area (Å²) in [6.07, 6.45) is 4.75. The molecule has 4 rings (SSSR count). The summed E-state index contributed by atoms with van der Waals surface area (Å²) in [6.45, 7) is 4.21. The summed E-state index contributed by atoms with van der Waals surface area (Å²) in [4.78, 5) is 37.4. The predicted octanol–water partition coefficient (Wildman–Crippen LogP) is 2.47. The second-order valence-corrected chi connectivity index (χ2v) is 7.87. The number of rotatable bonds is 3. The summed E-state index contributed by atoms with van der Waals surface area (Å²) in [5, 5.41) is 0. The van der Waals surface area contributed by atoms with Crippen molar-refractivity contribution in [2.45, 2.75) is 45.1 Å². The molecule has 1 fully saturated rings. The molecule has 0 N–H and O–H groups in total. The molecule has 1 atom stereocenters. The molecule has 0 spiro atoms. The van der Waals surface area contributed by atoms with Crippen LogP contribution in [0.3, 0.4) is 0 Å². The number of amides is 2. The summed E-state index contributed by atoms with van der Waals surface area (Å²) in [6, 6.07) is 6.05. The summed E-state index contributed by atoms with van der Waals surface area (Å²) in [5.74, 6) is 0.806. The van der Waals surface area contributed by atoms with E-state index in [1.165, 1.54) is 12.1 Å². The molecule has 152 valence electrons. The van der Waals surface area contributed by atoms with Crippen LogP contribution in [0.15, 0.2) is 30.5 Å². The van der Waals surface area contributed by atoms with Gasteiger partial charge < -0.3 is 9.80 Å². The van der Waals surface area contributed by atoms with Crippen molar-refractivity contribution < 1.29 is 14.0 Å². The highest BCUT2D eigenvalue weighted by Crippen LogP contribution is 2.26. The fourth-order valence-electron chi connectivity index (χ4n) is 4.10. The Morgan fingerprint density at radius 1 is 1.17 bits per heavy atom. The Balaban J connectivity index is 1.42. The number of benzene rings is 1. The van der Waals surface area contributed by atoms with Crippen molar-refractivity contribution >= 4 is 11.8 Å². The number of aromatic nitrogens is 2. The Bertz CT molecular complexity index is 916. The Morgan fingerprint density at radius 3 is 2.72 bits per heavy atom. The molecule has 0 radical (unpaired) electrons. The Hall–Kier alpha value is -2.83. The van der Waals surface area contributed by atoms with E-state index < -0.39 is 0 Å². The number of fused-ring (bicyclic) bond motifs is 1. The first-order valence-corrected chi connectivity index (χ1v) is 10.1. The molecule has 2 aromatic rings. The first-order chi connectivity index (χ1) is 14.0. The maximum atomic E-state index is 13.0. The zero-order valence-electron chi connectivity index (χ0n) is 16.6. The van der Waals surface area contributed by atoms with Crippen LogP contribution < -0.4 is 0 Å². The first-order valence-electron chi connectivity index (χ1n) is 10.1. The van der Waals surface area contributed by atoms with Crippen LogP contribution in [0.25, 0.3) is 0 Å². The maximum Gasteiger partial charge on any atom is 0.227 e. The molecular weight excluding hydrogens is 371 g/mol. The first kappa shape index (κ1) is 19.5. The fourth-order valence-corrected chi connectivity index (χ4v) is 4.10. The minimum absolute atomic E-state index is 0.0238. The molecule has 2 aliphatic rings. The normalized spacial score (nSPS) is 19.0. The van der Waals surface area contributed by atoms with Crippen LogP contribution >= 0.6 is 0 Å². The van der Waals surface area contributed by atoms with Crippen molar-refractivity contribution in [3.8, 4) is 0 Å². The van der Waals surface area contributed by atoms with Gasteiger partial charge in [-0.15, -0.1) is 0 Å². The van der Waals surface area contributed by atoms with Gasteiger partial charge in [-0.1, -0.05) is 12.1 Å². The van der Waals surface area contributed by atoms with Gasteiger partial charge in [-0.3, -0.25) is 9.59 Å². The molecule has 1 aromatic heterocycles. The second-order valence-electron chi connectivity index (χ2n) is 7.87. The lowest BCUT2D eigenvalue weighted by molar-refractivity contribution is -0.131. The predicted molar refractivity (Wildman–Crippen MR) is 105 cm³/mol. The van der Waals surface area contributed by atoms with E-state index in [-0.39, 0.29) is 30.0 Å². The minimum atomic E-state index is -0.301. The number of hydrogen-bond acceptors (Lipinski definition) is 4. The molecular formula is C22H25FN4O2. The van der Waals surface area contributed by atoms with Crippen LogP contribution in [0.5, 0.6) is 0 Å². The van der Waals surface area contributed by atoms with Crippen molar-refractivity contribution in [2.24, 2.45) is 0 Å². The van der Waals surface area contributed by atoms with Gasteiger partial charge in [-0.25, -0.2) is 14.4 Å². The number of halogens is 1. The second kappa shape index (κ2) is 8.27. The molecule has 3 heterocycles. The third-order valence-corrected chi connectivity index (χ3v) is 5.81. The Kier molecular flexibility index (Phi) is 5.56. The Labute approximate surface area is 169 Å². The lowest BCUT2D eigenvalue weighted by Gasteiger charge is -2.32. The zero-order valence-corrected chi connectivity index (χ0v) is 16.6. The number of hydrogen-bond donors (Lipinski definition) is 0. The highest BCUT2D eigenvalue weighted by Gasteiger charge is 2.27. The maximum absolute atomic E-state index is 13.0. The molecule has 2 amide bonds. The average molecular weight is 396 g/mol. The van der Waals surface area contributed by atoms with E-state index in [9.17, 15) is 14.0 Å². The summed E-state index contributed by atoms with van der Waals surface area (Å²) in [7, 11) is 0. The van der Waals surface area contributed by atoms with Crippen LogP contribution in [0.1, 0.15) is 48.3 Å². The van der Waals surface area contributed by atoms with Gasteiger partial charge in [0, 0.05) is 57.2 Å². The van der Waals surface area contributed by atoms with Crippen LogP contribution in [0, 0.1) is 5.82 Å². The lowest BCUT2D eigenvalue weighted by Crippen LogP contribution is -2.39. The van der Waals surface area contributed by atoms with E-state index in [4.69, 9.17) is 4.98 Å². The van der Waals surface area contributed by atoms with E-state index in [0.717, 1.165) is 42.0 Å². The third kappa shape index (κ3) is 4.44. The van der Waals surface area contributed by atoms with E-state index in [1.807, 2.05) is 16.0 Å². The van der Waals surface area contributed by atoms with Crippen molar-refractivity contribution in [1.82, 2.24) is 19.8 Å². The third-order valence-electron chi connectivity index (χ3n) is 5.81. The molecule has 2 aliphatic heterocycles. The van der Waals surface area contributed by atoms with E-state index >= 15 is 0 Å². The summed E-state index contributed by atoms with van der Waals surface area (Å²) in [5.41, 5.74) is 2.79. The molecule has 1 saturated heterocycles. The van der Waals surface area contributed by atoms with Gasteiger partial charge in [-0.05, 0) is 30.5 Å². The number of carbonyl (C=O) groups excluding carboxylic acids is 2. The molecule has 1 aromatic carbocycles. The van der Waals surface area contributed by atoms with Crippen molar-refractivity contribution in [3.05, 3.63) is 58.9 Å². The van der Waals surface area contributed by atoms with Crippen LogP contribution in [0.4, 0.5) is 4.39 Å². The molecule has 0 saturated carbocycles. The van der Waals surface area contributed by atoms with Crippen LogP contribution in [-0.4, -0.2) is 51.2 Å². The molecule has 29 heavy (non-hydrogen) atoms. The monoisotopic (exact) mass is 396 g/mol.